The third-order valence-electron chi connectivity index (χ3n) is 6.42. The van der Waals surface area contributed by atoms with Crippen molar-refractivity contribution in [3.63, 3.8) is 0 Å². The summed E-state index contributed by atoms with van der Waals surface area (Å²) in [6, 6.07) is 0. The van der Waals surface area contributed by atoms with Gasteiger partial charge >= 0.3 is 0 Å². The second-order valence-electron chi connectivity index (χ2n) is 8.26. The minimum Gasteiger partial charge on any atom is -0.392 e. The molecule has 21 heavy (non-hydrogen) atoms. The van der Waals surface area contributed by atoms with Gasteiger partial charge in [-0.25, -0.2) is 0 Å². The molecule has 0 radical (unpaired) electrons. The molecule has 0 heterocycles. The van der Waals surface area contributed by atoms with Crippen LogP contribution in [0.3, 0.4) is 0 Å². The topological polar surface area (TPSA) is 20.2 Å². The summed E-state index contributed by atoms with van der Waals surface area (Å²) < 4.78 is 0. The Morgan fingerprint density at radius 2 is 2.10 bits per heavy atom. The molecule has 2 aliphatic carbocycles. The molecule has 0 amide bonds. The smallest absolute Gasteiger partial charge is 0.0614 e. The molecule has 1 heteroatoms. The Kier molecular flexibility index (Phi) is 5.35. The highest BCUT2D eigenvalue weighted by Gasteiger charge is 2.47. The van der Waals surface area contributed by atoms with Gasteiger partial charge in [0.05, 0.1) is 6.61 Å². The maximum atomic E-state index is 9.03. The lowest BCUT2D eigenvalue weighted by atomic mass is 9.51. The second kappa shape index (κ2) is 6.69. The van der Waals surface area contributed by atoms with Crippen LogP contribution in [0.4, 0.5) is 0 Å². The van der Waals surface area contributed by atoms with Crippen LogP contribution in [0, 0.1) is 29.1 Å². The molecule has 0 spiro atoms. The van der Waals surface area contributed by atoms with Gasteiger partial charge < -0.3 is 5.11 Å². The predicted molar refractivity (Wildman–Crippen MR) is 91.1 cm³/mol. The highest BCUT2D eigenvalue weighted by Crippen LogP contribution is 2.56. The summed E-state index contributed by atoms with van der Waals surface area (Å²) in [6.07, 6.45) is 9.63. The van der Waals surface area contributed by atoms with Crippen molar-refractivity contribution in [2.45, 2.75) is 66.2 Å². The van der Waals surface area contributed by atoms with E-state index in [1.165, 1.54) is 43.3 Å². The van der Waals surface area contributed by atoms with E-state index >= 15 is 0 Å². The van der Waals surface area contributed by atoms with Crippen molar-refractivity contribution < 1.29 is 5.11 Å². The zero-order chi connectivity index (χ0) is 15.6. The van der Waals surface area contributed by atoms with Crippen molar-refractivity contribution in [3.05, 3.63) is 23.8 Å². The van der Waals surface area contributed by atoms with Gasteiger partial charge in [-0.3, -0.25) is 0 Å². The predicted octanol–water partition coefficient (Wildman–Crippen LogP) is 5.36. The normalized spacial score (nSPS) is 36.4. The summed E-state index contributed by atoms with van der Waals surface area (Å²) in [4.78, 5) is 0. The van der Waals surface area contributed by atoms with Crippen molar-refractivity contribution in [2.24, 2.45) is 29.1 Å². The Morgan fingerprint density at radius 3 is 2.76 bits per heavy atom. The third-order valence-corrected chi connectivity index (χ3v) is 6.42. The molecule has 2 fully saturated rings. The minimum atomic E-state index is 0.174. The van der Waals surface area contributed by atoms with Crippen LogP contribution in [0.25, 0.3) is 0 Å². The maximum Gasteiger partial charge on any atom is 0.0614 e. The molecule has 2 aliphatic rings. The average molecular weight is 290 g/mol. The number of allylic oxidation sites excluding steroid dienone is 2. The fourth-order valence-corrected chi connectivity index (χ4v) is 4.99. The Balaban J connectivity index is 2.13. The lowest BCUT2D eigenvalue weighted by molar-refractivity contribution is -0.0136. The van der Waals surface area contributed by atoms with Crippen LogP contribution in [0.15, 0.2) is 23.8 Å². The molecule has 0 bridgehead atoms. The quantitative estimate of drug-likeness (QED) is 0.691. The number of hydrogen-bond donors (Lipinski definition) is 1. The summed E-state index contributed by atoms with van der Waals surface area (Å²) in [5.74, 6) is 3.24. The van der Waals surface area contributed by atoms with Gasteiger partial charge in [-0.2, -0.15) is 0 Å². The first-order valence-electron chi connectivity index (χ1n) is 8.81. The zero-order valence-electron chi connectivity index (χ0n) is 14.5. The van der Waals surface area contributed by atoms with Crippen molar-refractivity contribution in [1.82, 2.24) is 0 Å². The molecular weight excluding hydrogens is 256 g/mol. The summed E-state index contributed by atoms with van der Waals surface area (Å²) in [6.45, 7) is 14.2. The van der Waals surface area contributed by atoms with Crippen molar-refractivity contribution in [2.75, 3.05) is 6.61 Å². The van der Waals surface area contributed by atoms with Gasteiger partial charge in [-0.05, 0) is 74.5 Å². The van der Waals surface area contributed by atoms with Crippen LogP contribution < -0.4 is 0 Å². The lowest BCUT2D eigenvalue weighted by Crippen LogP contribution is -2.45. The standard InChI is InChI=1S/C20H34O/c1-14(11-13-21)6-8-17-15(2)7-9-18-19(17)16(3)10-12-20(18,4)5/h11,16-19,21H,2,6-10,12-13H2,1,3-5H3/b14-11+/t16?,17-,18+,19-/m0/s1. The summed E-state index contributed by atoms with van der Waals surface area (Å²) in [5, 5.41) is 9.03. The summed E-state index contributed by atoms with van der Waals surface area (Å²) >= 11 is 0. The fourth-order valence-electron chi connectivity index (χ4n) is 4.99. The van der Waals surface area contributed by atoms with Crippen LogP contribution in [0.2, 0.25) is 0 Å². The molecule has 0 aromatic heterocycles. The van der Waals surface area contributed by atoms with Gasteiger partial charge in [-0.15, -0.1) is 0 Å². The molecule has 4 atom stereocenters. The SMILES string of the molecule is C=C1CC[C@@H]2[C@@H](C(C)CCC2(C)C)[C@H]1CC/C(C)=C/CO. The van der Waals surface area contributed by atoms with E-state index in [0.717, 1.165) is 24.2 Å². The summed E-state index contributed by atoms with van der Waals surface area (Å²) in [7, 11) is 0. The fraction of sp³-hybridized carbons (Fsp3) is 0.800. The average Bonchev–Trinajstić information content (AvgIpc) is 2.42. The van der Waals surface area contributed by atoms with E-state index in [0.29, 0.717) is 11.3 Å². The monoisotopic (exact) mass is 290 g/mol. The molecule has 120 valence electrons. The van der Waals surface area contributed by atoms with Gasteiger partial charge in [0.15, 0.2) is 0 Å². The maximum absolute atomic E-state index is 9.03. The number of fused-ring (bicyclic) bond motifs is 1. The molecular formula is C20H34O. The van der Waals surface area contributed by atoms with Crippen LogP contribution in [0.5, 0.6) is 0 Å². The molecule has 0 aromatic rings. The van der Waals surface area contributed by atoms with Gasteiger partial charge in [0, 0.05) is 0 Å². The Bertz CT molecular complexity index is 404. The Labute approximate surface area is 131 Å². The molecule has 0 aromatic carbocycles. The third kappa shape index (κ3) is 3.62. The van der Waals surface area contributed by atoms with E-state index < -0.39 is 0 Å². The lowest BCUT2D eigenvalue weighted by Gasteiger charge is -2.53. The first kappa shape index (κ1) is 16.8. The van der Waals surface area contributed by atoms with Gasteiger partial charge in [0.1, 0.15) is 0 Å². The van der Waals surface area contributed by atoms with E-state index in [9.17, 15) is 0 Å². The molecule has 1 unspecified atom stereocenters. The highest BCUT2D eigenvalue weighted by atomic mass is 16.2. The highest BCUT2D eigenvalue weighted by molar-refractivity contribution is 5.13. The number of aliphatic hydroxyl groups is 1. The van der Waals surface area contributed by atoms with Gasteiger partial charge in [-0.1, -0.05) is 44.6 Å². The molecule has 2 saturated carbocycles. The first-order valence-corrected chi connectivity index (χ1v) is 8.81. The van der Waals surface area contributed by atoms with E-state index in [1.54, 1.807) is 0 Å². The zero-order valence-corrected chi connectivity index (χ0v) is 14.5. The molecule has 1 N–H and O–H groups in total. The van der Waals surface area contributed by atoms with Crippen LogP contribution in [-0.4, -0.2) is 11.7 Å². The van der Waals surface area contributed by atoms with Crippen LogP contribution in [0.1, 0.15) is 66.2 Å². The van der Waals surface area contributed by atoms with E-state index in [2.05, 4.69) is 34.3 Å². The summed E-state index contributed by atoms with van der Waals surface area (Å²) in [5.41, 5.74) is 3.33. The second-order valence-corrected chi connectivity index (χ2v) is 8.26. The molecule has 0 saturated heterocycles. The molecule has 0 aliphatic heterocycles. The number of rotatable bonds is 4. The van der Waals surface area contributed by atoms with Crippen LogP contribution >= 0.6 is 0 Å². The molecule has 1 nitrogen and oxygen atoms in total. The Hall–Kier alpha value is -0.560. The number of aliphatic hydroxyl groups excluding tert-OH is 1. The largest absolute Gasteiger partial charge is 0.392 e. The van der Waals surface area contributed by atoms with Gasteiger partial charge in [0.25, 0.3) is 0 Å². The van der Waals surface area contributed by atoms with Crippen molar-refractivity contribution in [3.8, 4) is 0 Å². The van der Waals surface area contributed by atoms with Gasteiger partial charge in [0.2, 0.25) is 0 Å². The van der Waals surface area contributed by atoms with Crippen LogP contribution in [-0.2, 0) is 0 Å². The van der Waals surface area contributed by atoms with E-state index in [1.807, 2.05) is 6.08 Å². The van der Waals surface area contributed by atoms with E-state index in [-0.39, 0.29) is 6.61 Å². The van der Waals surface area contributed by atoms with Crippen molar-refractivity contribution in [1.29, 1.82) is 0 Å². The van der Waals surface area contributed by atoms with Crippen molar-refractivity contribution >= 4 is 0 Å². The van der Waals surface area contributed by atoms with E-state index in [4.69, 9.17) is 5.11 Å². The number of hydrogen-bond acceptors (Lipinski definition) is 1. The minimum absolute atomic E-state index is 0.174. The molecule has 2 rings (SSSR count). The first-order chi connectivity index (χ1) is 9.86. The Morgan fingerprint density at radius 1 is 1.38 bits per heavy atom.